The summed E-state index contributed by atoms with van der Waals surface area (Å²) in [5, 5.41) is 4.98. The highest BCUT2D eigenvalue weighted by Crippen LogP contribution is 2.09. The number of nitrogens with one attached hydrogen (secondary N) is 2. The van der Waals surface area contributed by atoms with Crippen molar-refractivity contribution in [2.45, 2.75) is 6.92 Å². The minimum Gasteiger partial charge on any atom is -0.291 e. The van der Waals surface area contributed by atoms with Crippen molar-refractivity contribution < 1.29 is 9.18 Å². The second-order valence-electron chi connectivity index (χ2n) is 4.38. The average Bonchev–Trinajstić information content (AvgIpc) is 2.81. The molecule has 0 aliphatic heterocycles. The Kier molecular flexibility index (Phi) is 2.98. The highest BCUT2D eigenvalue weighted by atomic mass is 19.1. The quantitative estimate of drug-likeness (QED) is 0.738. The number of fused-ring (bicyclic) bond motifs is 1. The van der Waals surface area contributed by atoms with E-state index in [-0.39, 0.29) is 22.8 Å². The molecule has 0 fully saturated rings. The maximum absolute atomic E-state index is 13.5. The summed E-state index contributed by atoms with van der Waals surface area (Å²) in [7, 11) is 0. The monoisotopic (exact) mass is 287 g/mol. The van der Waals surface area contributed by atoms with Crippen LogP contribution in [0.1, 0.15) is 16.1 Å². The third-order valence-electron chi connectivity index (χ3n) is 2.81. The minimum absolute atomic E-state index is 0.0125. The van der Waals surface area contributed by atoms with Crippen LogP contribution in [0.3, 0.4) is 0 Å². The van der Waals surface area contributed by atoms with Crippen molar-refractivity contribution in [3.05, 3.63) is 57.8 Å². The van der Waals surface area contributed by atoms with Gasteiger partial charge in [0.1, 0.15) is 5.82 Å². The lowest BCUT2D eigenvalue weighted by Crippen LogP contribution is -2.16. The molecule has 0 aliphatic rings. The molecular weight excluding hydrogens is 277 g/mol. The summed E-state index contributed by atoms with van der Waals surface area (Å²) < 4.78 is 14.6. The molecule has 0 saturated carbocycles. The zero-order valence-corrected chi connectivity index (χ0v) is 10.9. The van der Waals surface area contributed by atoms with Gasteiger partial charge in [-0.1, -0.05) is 12.1 Å². The van der Waals surface area contributed by atoms with Crippen LogP contribution < -0.4 is 10.9 Å². The van der Waals surface area contributed by atoms with Gasteiger partial charge in [0.05, 0.1) is 5.56 Å². The van der Waals surface area contributed by atoms with E-state index in [1.54, 1.807) is 13.0 Å². The van der Waals surface area contributed by atoms with Crippen molar-refractivity contribution in [3.63, 3.8) is 0 Å². The van der Waals surface area contributed by atoms with Gasteiger partial charge in [-0.05, 0) is 19.1 Å². The van der Waals surface area contributed by atoms with Crippen LogP contribution in [0.4, 0.5) is 10.3 Å². The normalized spacial score (nSPS) is 10.8. The number of aromatic amines is 1. The molecule has 106 valence electrons. The topological polar surface area (TPSA) is 92.2 Å². The maximum atomic E-state index is 13.5. The molecule has 0 saturated heterocycles. The van der Waals surface area contributed by atoms with Gasteiger partial charge in [-0.25, -0.2) is 9.37 Å². The van der Waals surface area contributed by atoms with Gasteiger partial charge in [0.25, 0.3) is 17.2 Å². The second-order valence-corrected chi connectivity index (χ2v) is 4.38. The van der Waals surface area contributed by atoms with Crippen LogP contribution in [0.25, 0.3) is 5.78 Å². The summed E-state index contributed by atoms with van der Waals surface area (Å²) >= 11 is 0. The Morgan fingerprint density at radius 1 is 1.33 bits per heavy atom. The van der Waals surface area contributed by atoms with E-state index in [1.807, 2.05) is 0 Å². The summed E-state index contributed by atoms with van der Waals surface area (Å²) in [4.78, 5) is 31.7. The number of amides is 1. The van der Waals surface area contributed by atoms with Gasteiger partial charge in [0.15, 0.2) is 0 Å². The fraction of sp³-hybridized carbons (Fsp3) is 0.0769. The van der Waals surface area contributed by atoms with E-state index in [2.05, 4.69) is 20.4 Å². The number of rotatable bonds is 2. The molecule has 0 unspecified atom stereocenters. The first kappa shape index (κ1) is 13.0. The van der Waals surface area contributed by atoms with Gasteiger partial charge in [-0.3, -0.25) is 20.0 Å². The van der Waals surface area contributed by atoms with Crippen LogP contribution >= 0.6 is 0 Å². The molecule has 1 amide bonds. The van der Waals surface area contributed by atoms with Crippen LogP contribution in [0.5, 0.6) is 0 Å². The number of hydrogen-bond acceptors (Lipinski definition) is 4. The Labute approximate surface area is 117 Å². The lowest BCUT2D eigenvalue weighted by Gasteiger charge is -2.01. The first-order valence-electron chi connectivity index (χ1n) is 6.07. The lowest BCUT2D eigenvalue weighted by atomic mass is 10.2. The van der Waals surface area contributed by atoms with Gasteiger partial charge >= 0.3 is 0 Å². The van der Waals surface area contributed by atoms with E-state index in [9.17, 15) is 14.0 Å². The summed E-state index contributed by atoms with van der Waals surface area (Å²) in [5.41, 5.74) is 0.0457. The molecule has 2 aromatic heterocycles. The first-order chi connectivity index (χ1) is 10.0. The van der Waals surface area contributed by atoms with E-state index < -0.39 is 11.7 Å². The highest BCUT2D eigenvalue weighted by Gasteiger charge is 2.14. The Hall–Kier alpha value is -3.03. The molecule has 0 atom stereocenters. The molecule has 0 bridgehead atoms. The number of nitrogens with zero attached hydrogens (tertiary/aromatic N) is 3. The van der Waals surface area contributed by atoms with Gasteiger partial charge in [0, 0.05) is 11.8 Å². The molecular formula is C13H10FN5O2. The van der Waals surface area contributed by atoms with Crippen LogP contribution in [-0.2, 0) is 0 Å². The molecule has 7 nitrogen and oxygen atoms in total. The SMILES string of the molecule is Cc1cc(=O)n2[nH]c(NC(=O)c3ccccc3F)nc2n1. The number of aromatic nitrogens is 4. The molecule has 8 heteroatoms. The predicted molar refractivity (Wildman–Crippen MR) is 72.7 cm³/mol. The molecule has 3 aromatic rings. The lowest BCUT2D eigenvalue weighted by molar-refractivity contribution is 0.102. The van der Waals surface area contributed by atoms with Crippen molar-refractivity contribution in [1.29, 1.82) is 0 Å². The van der Waals surface area contributed by atoms with Crippen molar-refractivity contribution in [2.75, 3.05) is 5.32 Å². The van der Waals surface area contributed by atoms with Crippen molar-refractivity contribution in [3.8, 4) is 0 Å². The minimum atomic E-state index is -0.670. The number of anilines is 1. The van der Waals surface area contributed by atoms with E-state index >= 15 is 0 Å². The van der Waals surface area contributed by atoms with E-state index in [4.69, 9.17) is 0 Å². The number of H-pyrrole nitrogens is 1. The Morgan fingerprint density at radius 2 is 2.10 bits per heavy atom. The second kappa shape index (κ2) is 4.82. The largest absolute Gasteiger partial charge is 0.291 e. The number of hydrogen-bond donors (Lipinski definition) is 2. The van der Waals surface area contributed by atoms with E-state index in [0.29, 0.717) is 5.69 Å². The average molecular weight is 287 g/mol. The molecule has 3 rings (SSSR count). The molecule has 21 heavy (non-hydrogen) atoms. The zero-order valence-electron chi connectivity index (χ0n) is 10.9. The van der Waals surface area contributed by atoms with Gasteiger partial charge in [0.2, 0.25) is 5.95 Å². The van der Waals surface area contributed by atoms with Crippen molar-refractivity contribution >= 4 is 17.6 Å². The summed E-state index contributed by atoms with van der Waals surface area (Å²) in [6.45, 7) is 1.66. The Morgan fingerprint density at radius 3 is 2.86 bits per heavy atom. The van der Waals surface area contributed by atoms with Crippen LogP contribution in [0, 0.1) is 12.7 Å². The standard InChI is InChI=1S/C13H10FN5O2/c1-7-6-10(20)19-13(15-7)17-12(18-19)16-11(21)8-4-2-3-5-9(8)14/h2-6H,1H3,(H2,15,16,17,18,21). The highest BCUT2D eigenvalue weighted by molar-refractivity contribution is 6.03. The van der Waals surface area contributed by atoms with Crippen LogP contribution in [0.2, 0.25) is 0 Å². The predicted octanol–water partition coefficient (Wildman–Crippen LogP) is 1.12. The number of halogens is 1. The van der Waals surface area contributed by atoms with E-state index in [0.717, 1.165) is 4.52 Å². The van der Waals surface area contributed by atoms with Crippen molar-refractivity contribution in [2.24, 2.45) is 0 Å². The maximum Gasteiger partial charge on any atom is 0.274 e. The fourth-order valence-corrected chi connectivity index (χ4v) is 1.87. The Bertz CT molecular complexity index is 899. The molecule has 0 radical (unpaired) electrons. The van der Waals surface area contributed by atoms with Gasteiger partial charge in [-0.2, -0.15) is 9.50 Å². The number of carbonyl (C=O) groups excluding carboxylic acids is 1. The van der Waals surface area contributed by atoms with Crippen LogP contribution in [0.15, 0.2) is 35.1 Å². The summed E-state index contributed by atoms with van der Waals surface area (Å²) in [6.07, 6.45) is 0. The number of carbonyl (C=O) groups is 1. The smallest absolute Gasteiger partial charge is 0.274 e. The molecule has 0 aliphatic carbocycles. The van der Waals surface area contributed by atoms with E-state index in [1.165, 1.54) is 24.3 Å². The third-order valence-corrected chi connectivity index (χ3v) is 2.81. The summed E-state index contributed by atoms with van der Waals surface area (Å²) in [5.74, 6) is -1.17. The zero-order chi connectivity index (χ0) is 15.0. The fourth-order valence-electron chi connectivity index (χ4n) is 1.87. The number of aryl methyl sites for hydroxylation is 1. The summed E-state index contributed by atoms with van der Waals surface area (Å²) in [6, 6.07) is 6.89. The Balaban J connectivity index is 1.96. The van der Waals surface area contributed by atoms with Gasteiger partial charge in [-0.15, -0.1) is 0 Å². The molecule has 2 heterocycles. The van der Waals surface area contributed by atoms with Crippen molar-refractivity contribution in [1.82, 2.24) is 19.6 Å². The molecule has 0 spiro atoms. The van der Waals surface area contributed by atoms with Gasteiger partial charge < -0.3 is 0 Å². The molecule has 1 aromatic carbocycles. The first-order valence-corrected chi connectivity index (χ1v) is 6.07. The molecule has 2 N–H and O–H groups in total. The van der Waals surface area contributed by atoms with Crippen LogP contribution in [-0.4, -0.2) is 25.5 Å². The number of benzene rings is 1. The third kappa shape index (κ3) is 2.38.